The number of rotatable bonds is 6. The first-order chi connectivity index (χ1) is 12.9. The highest BCUT2D eigenvalue weighted by Gasteiger charge is 2.26. The maximum Gasteiger partial charge on any atom is 0.335 e. The number of carboxylic acid groups (broad SMARTS) is 1. The lowest BCUT2D eigenvalue weighted by Crippen LogP contribution is -2.38. The van der Waals surface area contributed by atoms with Crippen LogP contribution in [0.2, 0.25) is 0 Å². The van der Waals surface area contributed by atoms with Crippen LogP contribution in [0.3, 0.4) is 0 Å². The molecule has 1 atom stereocenters. The predicted octanol–water partition coefficient (Wildman–Crippen LogP) is 2.26. The van der Waals surface area contributed by atoms with E-state index in [2.05, 4.69) is 4.72 Å². The molecule has 2 N–H and O–H groups in total. The molecule has 1 fully saturated rings. The number of sulfonamides is 1. The molecule has 2 aromatic rings. The molecule has 0 unspecified atom stereocenters. The zero-order chi connectivity index (χ0) is 19.4. The van der Waals surface area contributed by atoms with E-state index in [9.17, 15) is 18.3 Å². The van der Waals surface area contributed by atoms with E-state index in [1.54, 1.807) is 13.0 Å². The van der Waals surface area contributed by atoms with Crippen LogP contribution in [0.5, 0.6) is 0 Å². The number of anilines is 1. The molecule has 0 amide bonds. The third kappa shape index (κ3) is 4.47. The van der Waals surface area contributed by atoms with E-state index in [4.69, 9.17) is 4.74 Å². The fraction of sp³-hybridized carbons (Fsp3) is 0.316. The summed E-state index contributed by atoms with van der Waals surface area (Å²) in [4.78, 5) is 13.2. The molecule has 0 saturated carbocycles. The Balaban J connectivity index is 1.98. The first kappa shape index (κ1) is 19.3. The highest BCUT2D eigenvalue weighted by atomic mass is 32.2. The second-order valence-electron chi connectivity index (χ2n) is 6.34. The largest absolute Gasteiger partial charge is 0.478 e. The monoisotopic (exact) mass is 390 g/mol. The highest BCUT2D eigenvalue weighted by Crippen LogP contribution is 2.29. The quantitative estimate of drug-likeness (QED) is 0.786. The van der Waals surface area contributed by atoms with Crippen LogP contribution in [0.15, 0.2) is 53.4 Å². The van der Waals surface area contributed by atoms with E-state index < -0.39 is 22.0 Å². The van der Waals surface area contributed by atoms with E-state index in [1.165, 1.54) is 12.1 Å². The van der Waals surface area contributed by atoms with E-state index in [0.29, 0.717) is 32.0 Å². The number of aromatic carboxylic acids is 1. The van der Waals surface area contributed by atoms with Crippen molar-refractivity contribution >= 4 is 21.7 Å². The Labute approximate surface area is 158 Å². The fourth-order valence-corrected chi connectivity index (χ4v) is 4.52. The lowest BCUT2D eigenvalue weighted by molar-refractivity contribution is 0.0696. The van der Waals surface area contributed by atoms with Crippen molar-refractivity contribution in [1.82, 2.24) is 4.72 Å². The van der Waals surface area contributed by atoms with Crippen LogP contribution in [0.4, 0.5) is 5.69 Å². The standard InChI is InChI=1S/C19H22N2O5S/c1-14(15-5-3-2-4-6-15)20-27(24,25)18-13-16(19(22)23)7-8-17(18)21-9-11-26-12-10-21/h2-8,13-14,20H,9-12H2,1H3,(H,22,23)/t14-/m0/s1. The number of carboxylic acids is 1. The molecule has 1 heterocycles. The molecule has 0 aromatic heterocycles. The van der Waals surface area contributed by atoms with Crippen LogP contribution in [0.25, 0.3) is 0 Å². The van der Waals surface area contributed by atoms with Crippen molar-refractivity contribution in [2.75, 3.05) is 31.2 Å². The summed E-state index contributed by atoms with van der Waals surface area (Å²) in [6, 6.07) is 12.9. The summed E-state index contributed by atoms with van der Waals surface area (Å²) >= 11 is 0. The van der Waals surface area contributed by atoms with E-state index in [0.717, 1.165) is 5.56 Å². The number of benzene rings is 2. The number of nitrogens with one attached hydrogen (secondary N) is 1. The summed E-state index contributed by atoms with van der Waals surface area (Å²) in [5.41, 5.74) is 1.24. The number of ether oxygens (including phenoxy) is 1. The van der Waals surface area contributed by atoms with Crippen molar-refractivity contribution in [3.05, 3.63) is 59.7 Å². The van der Waals surface area contributed by atoms with Gasteiger partial charge >= 0.3 is 5.97 Å². The molecule has 1 saturated heterocycles. The van der Waals surface area contributed by atoms with Crippen LogP contribution < -0.4 is 9.62 Å². The molecule has 0 aliphatic carbocycles. The average Bonchev–Trinajstić information content (AvgIpc) is 2.68. The van der Waals surface area contributed by atoms with Crippen molar-refractivity contribution in [3.8, 4) is 0 Å². The van der Waals surface area contributed by atoms with Gasteiger partial charge < -0.3 is 14.7 Å². The number of morpholine rings is 1. The first-order valence-electron chi connectivity index (χ1n) is 8.66. The Morgan fingerprint density at radius 2 is 1.81 bits per heavy atom. The lowest BCUT2D eigenvalue weighted by atomic mass is 10.1. The van der Waals surface area contributed by atoms with Gasteiger partial charge in [-0.25, -0.2) is 17.9 Å². The Morgan fingerprint density at radius 3 is 2.44 bits per heavy atom. The molecular weight excluding hydrogens is 368 g/mol. The maximum atomic E-state index is 13.1. The fourth-order valence-electron chi connectivity index (χ4n) is 3.03. The first-order valence-corrected chi connectivity index (χ1v) is 10.1. The van der Waals surface area contributed by atoms with Crippen LogP contribution in [0, 0.1) is 0 Å². The number of carbonyl (C=O) groups is 1. The van der Waals surface area contributed by atoms with Crippen LogP contribution in [0.1, 0.15) is 28.9 Å². The van der Waals surface area contributed by atoms with Gasteiger partial charge in [0.15, 0.2) is 0 Å². The second kappa shape index (κ2) is 8.08. The Kier molecular flexibility index (Phi) is 5.79. The van der Waals surface area contributed by atoms with Crippen LogP contribution in [-0.4, -0.2) is 45.8 Å². The SMILES string of the molecule is C[C@H](NS(=O)(=O)c1cc(C(=O)O)ccc1N1CCOCC1)c1ccccc1. The van der Waals surface area contributed by atoms with Gasteiger partial charge in [0, 0.05) is 19.1 Å². The minimum atomic E-state index is -3.94. The summed E-state index contributed by atoms with van der Waals surface area (Å²) in [6.07, 6.45) is 0. The Hall–Kier alpha value is -2.42. The topological polar surface area (TPSA) is 95.9 Å². The average molecular weight is 390 g/mol. The van der Waals surface area contributed by atoms with Crippen molar-refractivity contribution in [3.63, 3.8) is 0 Å². The molecule has 27 heavy (non-hydrogen) atoms. The molecule has 0 spiro atoms. The minimum Gasteiger partial charge on any atom is -0.478 e. The minimum absolute atomic E-state index is 0.0351. The Morgan fingerprint density at radius 1 is 1.15 bits per heavy atom. The molecule has 0 radical (unpaired) electrons. The highest BCUT2D eigenvalue weighted by molar-refractivity contribution is 7.89. The van der Waals surface area contributed by atoms with Crippen LogP contribution in [-0.2, 0) is 14.8 Å². The molecule has 3 rings (SSSR count). The molecule has 2 aromatic carbocycles. The summed E-state index contributed by atoms with van der Waals surface area (Å²) < 4.78 is 34.2. The van der Waals surface area contributed by atoms with Gasteiger partial charge in [0.25, 0.3) is 0 Å². The van der Waals surface area contributed by atoms with Gasteiger partial charge in [0.05, 0.1) is 24.5 Å². The lowest BCUT2D eigenvalue weighted by Gasteiger charge is -2.30. The van der Waals surface area contributed by atoms with Gasteiger partial charge in [-0.2, -0.15) is 0 Å². The summed E-state index contributed by atoms with van der Waals surface area (Å²) in [5.74, 6) is -1.17. The van der Waals surface area contributed by atoms with Crippen molar-refractivity contribution in [2.45, 2.75) is 17.9 Å². The molecule has 0 bridgehead atoms. The van der Waals surface area contributed by atoms with Gasteiger partial charge in [0.1, 0.15) is 4.90 Å². The van der Waals surface area contributed by atoms with E-state index >= 15 is 0 Å². The second-order valence-corrected chi connectivity index (χ2v) is 8.02. The van der Waals surface area contributed by atoms with Gasteiger partial charge in [0.2, 0.25) is 10.0 Å². The molecule has 1 aliphatic rings. The zero-order valence-corrected chi connectivity index (χ0v) is 15.8. The van der Waals surface area contributed by atoms with E-state index in [-0.39, 0.29) is 10.5 Å². The Bertz CT molecular complexity index is 909. The third-order valence-corrected chi connectivity index (χ3v) is 6.05. The molecule has 8 heteroatoms. The van der Waals surface area contributed by atoms with Gasteiger partial charge in [-0.1, -0.05) is 30.3 Å². The molecule has 7 nitrogen and oxygen atoms in total. The van der Waals surface area contributed by atoms with Gasteiger partial charge in [-0.05, 0) is 30.7 Å². The number of nitrogens with zero attached hydrogens (tertiary/aromatic N) is 1. The predicted molar refractivity (Wildman–Crippen MR) is 102 cm³/mol. The normalized spacial score (nSPS) is 16.1. The van der Waals surface area contributed by atoms with Crippen LogP contribution >= 0.6 is 0 Å². The molecular formula is C19H22N2O5S. The number of hydrogen-bond donors (Lipinski definition) is 2. The summed E-state index contributed by atoms with van der Waals surface area (Å²) in [6.45, 7) is 3.83. The van der Waals surface area contributed by atoms with Gasteiger partial charge in [-0.15, -0.1) is 0 Å². The summed E-state index contributed by atoms with van der Waals surface area (Å²) in [7, 11) is -3.94. The van der Waals surface area contributed by atoms with Crippen molar-refractivity contribution < 1.29 is 23.1 Å². The smallest absolute Gasteiger partial charge is 0.335 e. The summed E-state index contributed by atoms with van der Waals surface area (Å²) in [5, 5.41) is 9.29. The third-order valence-electron chi connectivity index (χ3n) is 4.48. The molecule has 1 aliphatic heterocycles. The van der Waals surface area contributed by atoms with E-state index in [1.807, 2.05) is 35.2 Å². The molecule has 144 valence electrons. The van der Waals surface area contributed by atoms with Gasteiger partial charge in [-0.3, -0.25) is 0 Å². The zero-order valence-electron chi connectivity index (χ0n) is 15.0. The van der Waals surface area contributed by atoms with Crippen molar-refractivity contribution in [2.24, 2.45) is 0 Å². The maximum absolute atomic E-state index is 13.1. The van der Waals surface area contributed by atoms with Crippen molar-refractivity contribution in [1.29, 1.82) is 0 Å². The number of hydrogen-bond acceptors (Lipinski definition) is 5.